The topological polar surface area (TPSA) is 275 Å². The fraction of sp³-hybridized carbons (Fsp3) is 0.655. The Morgan fingerprint density at radius 2 is 1.12 bits per heavy atom. The number of rotatable bonds is 15. The molecular weight excluding hydrogens is 723 g/mol. The van der Waals surface area contributed by atoms with E-state index in [0.717, 1.165) is 33.3 Å². The highest BCUT2D eigenvalue weighted by Crippen LogP contribution is 2.31. The summed E-state index contributed by atoms with van der Waals surface area (Å²) in [5, 5.41) is 7.62. The summed E-state index contributed by atoms with van der Waals surface area (Å²) in [6, 6.07) is 0. The number of imide groups is 2. The number of hydrogen-bond donors (Lipinski definition) is 4. The van der Waals surface area contributed by atoms with Crippen molar-refractivity contribution in [3.63, 3.8) is 0 Å². The molecule has 0 bridgehead atoms. The molecule has 6 amide bonds. The standard InChI is InChI=1S/C15H21N3O5S2.C14H18N2O6S2/c16-1-2-18-12(20)4-11(15(18)23)25-7-10(14(17)22)13(21)8-3-9(19)6-24-5-8;15-13(21)9(12(20)7-1-8(18)4-23-3-7)5-24-10-2-11(19)16(6-17)14(10)22/h8,10-11H,1-7,16H2,(H2,17,22);7,9-10,17H,1-6H2,(H2,15,21). The summed E-state index contributed by atoms with van der Waals surface area (Å²) in [5.41, 5.74) is 16.1. The number of carbonyl (C=O) groups excluding carboxylic acids is 10. The Labute approximate surface area is 298 Å². The van der Waals surface area contributed by atoms with Crippen LogP contribution in [0.5, 0.6) is 0 Å². The lowest BCUT2D eigenvalue weighted by atomic mass is 9.91. The van der Waals surface area contributed by atoms with E-state index in [0.29, 0.717) is 23.0 Å². The van der Waals surface area contributed by atoms with Gasteiger partial charge in [0, 0.05) is 73.6 Å². The number of likely N-dealkylation sites (tertiary alicyclic amines) is 2. The maximum absolute atomic E-state index is 12.5. The van der Waals surface area contributed by atoms with E-state index in [4.69, 9.17) is 22.3 Å². The second kappa shape index (κ2) is 19.0. The Bertz CT molecular complexity index is 1380. The molecule has 4 aliphatic rings. The molecule has 16 nitrogen and oxygen atoms in total. The number of carbonyl (C=O) groups is 10. The van der Waals surface area contributed by atoms with Crippen LogP contribution in [0.4, 0.5) is 0 Å². The molecule has 7 N–H and O–H groups in total. The van der Waals surface area contributed by atoms with Crippen molar-refractivity contribution < 1.29 is 53.1 Å². The molecule has 0 aromatic rings. The number of aliphatic hydroxyl groups excluding tert-OH is 1. The first kappa shape index (κ1) is 40.6. The monoisotopic (exact) mass is 761 g/mol. The second-order valence-corrected chi connectivity index (χ2v) is 16.2. The Balaban J connectivity index is 0.000000266. The number of amides is 6. The predicted octanol–water partition coefficient (Wildman–Crippen LogP) is -2.41. The van der Waals surface area contributed by atoms with E-state index in [1.807, 2.05) is 0 Å². The van der Waals surface area contributed by atoms with Crippen LogP contribution in [0.25, 0.3) is 0 Å². The SMILES string of the molecule is NC(=O)C(CSC1CC(=O)N(CO)C1=O)C(=O)C1CSCC(=O)C1.NCCN1C(=O)CC(SCC(C(N)=O)C(=O)C2CSCC(=O)C2)C1=O. The largest absolute Gasteiger partial charge is 0.376 e. The average Bonchev–Trinajstić information content (AvgIpc) is 3.48. The minimum Gasteiger partial charge on any atom is -0.376 e. The van der Waals surface area contributed by atoms with E-state index in [9.17, 15) is 47.9 Å². The van der Waals surface area contributed by atoms with Crippen LogP contribution in [-0.2, 0) is 47.9 Å². The number of hydrogen-bond acceptors (Lipinski definition) is 16. The van der Waals surface area contributed by atoms with Crippen LogP contribution in [0.15, 0.2) is 0 Å². The van der Waals surface area contributed by atoms with Gasteiger partial charge in [0.25, 0.3) is 0 Å². The van der Waals surface area contributed by atoms with Gasteiger partial charge in [0.15, 0.2) is 0 Å². The van der Waals surface area contributed by atoms with Crippen LogP contribution >= 0.6 is 47.0 Å². The van der Waals surface area contributed by atoms with Gasteiger partial charge in [0.05, 0.1) is 22.0 Å². The average molecular weight is 762 g/mol. The summed E-state index contributed by atoms with van der Waals surface area (Å²) in [4.78, 5) is 121. The van der Waals surface area contributed by atoms with Gasteiger partial charge in [-0.2, -0.15) is 23.5 Å². The minimum atomic E-state index is -1.10. The van der Waals surface area contributed by atoms with Crippen LogP contribution < -0.4 is 17.2 Å². The molecule has 6 unspecified atom stereocenters. The fourth-order valence-corrected chi connectivity index (χ4v) is 10.1. The fourth-order valence-electron chi connectivity index (χ4n) is 5.46. The Hall–Kier alpha value is -2.78. The van der Waals surface area contributed by atoms with Gasteiger partial charge in [-0.05, 0) is 0 Å². The van der Waals surface area contributed by atoms with Crippen molar-refractivity contribution >= 4 is 106 Å². The quantitative estimate of drug-likeness (QED) is 0.0999. The Kier molecular flexibility index (Phi) is 15.8. The maximum Gasteiger partial charge on any atom is 0.244 e. The van der Waals surface area contributed by atoms with Crippen molar-refractivity contribution in [2.45, 2.75) is 36.2 Å². The third-order valence-electron chi connectivity index (χ3n) is 8.12. The molecule has 4 rings (SSSR count). The summed E-state index contributed by atoms with van der Waals surface area (Å²) in [6.07, 6.45) is 0.188. The van der Waals surface area contributed by atoms with Crippen molar-refractivity contribution in [1.82, 2.24) is 9.80 Å². The zero-order valence-electron chi connectivity index (χ0n) is 26.4. The molecule has 4 aliphatic heterocycles. The molecule has 49 heavy (non-hydrogen) atoms. The molecule has 0 aliphatic carbocycles. The summed E-state index contributed by atoms with van der Waals surface area (Å²) >= 11 is 4.82. The molecule has 0 aromatic heterocycles. The molecule has 270 valence electrons. The predicted molar refractivity (Wildman–Crippen MR) is 183 cm³/mol. The smallest absolute Gasteiger partial charge is 0.244 e. The molecule has 4 saturated heterocycles. The number of Topliss-reactive ketones (excluding diaryl/α,β-unsaturated/α-hetero) is 4. The first-order valence-electron chi connectivity index (χ1n) is 15.3. The summed E-state index contributed by atoms with van der Waals surface area (Å²) in [5.74, 6) is -5.51. The third kappa shape index (κ3) is 10.9. The first-order valence-corrected chi connectivity index (χ1v) is 19.7. The van der Waals surface area contributed by atoms with Crippen LogP contribution in [0.2, 0.25) is 0 Å². The maximum atomic E-state index is 12.5. The van der Waals surface area contributed by atoms with Crippen LogP contribution in [-0.4, -0.2) is 138 Å². The number of nitrogens with two attached hydrogens (primary N) is 3. The van der Waals surface area contributed by atoms with Gasteiger partial charge in [-0.3, -0.25) is 57.7 Å². The molecule has 20 heteroatoms. The van der Waals surface area contributed by atoms with E-state index < -0.39 is 64.5 Å². The van der Waals surface area contributed by atoms with Crippen molar-refractivity contribution in [3.05, 3.63) is 0 Å². The van der Waals surface area contributed by atoms with Crippen molar-refractivity contribution in [1.29, 1.82) is 0 Å². The number of ketones is 4. The third-order valence-corrected chi connectivity index (χ3v) is 13.0. The lowest BCUT2D eigenvalue weighted by Crippen LogP contribution is -2.40. The van der Waals surface area contributed by atoms with E-state index in [1.54, 1.807) is 0 Å². The molecule has 0 radical (unpaired) electrons. The number of primary amides is 2. The van der Waals surface area contributed by atoms with Gasteiger partial charge in [-0.1, -0.05) is 0 Å². The van der Waals surface area contributed by atoms with Gasteiger partial charge in [0.1, 0.15) is 41.7 Å². The highest BCUT2D eigenvalue weighted by atomic mass is 32.2. The van der Waals surface area contributed by atoms with Gasteiger partial charge < -0.3 is 22.3 Å². The van der Waals surface area contributed by atoms with Crippen molar-refractivity contribution in [2.75, 3.05) is 54.3 Å². The van der Waals surface area contributed by atoms with Crippen molar-refractivity contribution in [3.8, 4) is 0 Å². The highest BCUT2D eigenvalue weighted by molar-refractivity contribution is 8.01. The van der Waals surface area contributed by atoms with Crippen LogP contribution in [0.1, 0.15) is 25.7 Å². The summed E-state index contributed by atoms with van der Waals surface area (Å²) in [7, 11) is 0. The number of thioether (sulfide) groups is 4. The molecule has 0 spiro atoms. The van der Waals surface area contributed by atoms with Gasteiger partial charge in [-0.15, -0.1) is 23.5 Å². The zero-order chi connectivity index (χ0) is 36.4. The normalized spacial score (nSPS) is 25.6. The summed E-state index contributed by atoms with van der Waals surface area (Å²) in [6.45, 7) is -0.340. The number of nitrogens with zero attached hydrogens (tertiary/aromatic N) is 2. The Morgan fingerprint density at radius 3 is 1.47 bits per heavy atom. The zero-order valence-corrected chi connectivity index (χ0v) is 29.7. The molecular formula is C29H39N5O11S4. The molecule has 4 heterocycles. The van der Waals surface area contributed by atoms with E-state index >= 15 is 0 Å². The van der Waals surface area contributed by atoms with Gasteiger partial charge in [-0.25, -0.2) is 0 Å². The first-order chi connectivity index (χ1) is 23.2. The van der Waals surface area contributed by atoms with Gasteiger partial charge in [0.2, 0.25) is 35.4 Å². The molecule has 0 saturated carbocycles. The lowest BCUT2D eigenvalue weighted by Gasteiger charge is -2.23. The van der Waals surface area contributed by atoms with Gasteiger partial charge >= 0.3 is 0 Å². The molecule has 6 atom stereocenters. The van der Waals surface area contributed by atoms with E-state index in [-0.39, 0.29) is 85.2 Å². The van der Waals surface area contributed by atoms with E-state index in [1.165, 1.54) is 23.5 Å². The highest BCUT2D eigenvalue weighted by Gasteiger charge is 2.42. The minimum absolute atomic E-state index is 0.0144. The molecule has 0 aromatic carbocycles. The van der Waals surface area contributed by atoms with Crippen molar-refractivity contribution in [2.24, 2.45) is 40.9 Å². The molecule has 4 fully saturated rings. The lowest BCUT2D eigenvalue weighted by molar-refractivity contribution is -0.143. The van der Waals surface area contributed by atoms with Crippen LogP contribution in [0.3, 0.4) is 0 Å². The second-order valence-electron chi connectivity index (χ2n) is 11.7. The Morgan fingerprint density at radius 1 is 0.714 bits per heavy atom. The summed E-state index contributed by atoms with van der Waals surface area (Å²) < 4.78 is 0. The van der Waals surface area contributed by atoms with Crippen LogP contribution in [0, 0.1) is 23.7 Å². The number of aliphatic hydroxyl groups is 1. The van der Waals surface area contributed by atoms with E-state index in [2.05, 4.69) is 0 Å².